The molecule has 0 bridgehead atoms. The molecule has 10 heteroatoms. The SMILES string of the molecule is C=CC(CCCCNc1ccc(-c2cc(C(N)=O)ccc2F)nn1)=N/C(=C\C)OC(F)F. The molecule has 0 fully saturated rings. The van der Waals surface area contributed by atoms with Gasteiger partial charge in [0.1, 0.15) is 11.6 Å². The molecule has 0 aliphatic rings. The number of unbranched alkanes of at least 4 members (excludes halogenated alkanes) is 1. The molecule has 2 aromatic rings. The Morgan fingerprint density at radius 2 is 2.06 bits per heavy atom. The van der Waals surface area contributed by atoms with E-state index in [1.54, 1.807) is 19.1 Å². The lowest BCUT2D eigenvalue weighted by molar-refractivity contribution is -0.0966. The van der Waals surface area contributed by atoms with Crippen LogP contribution in [-0.4, -0.2) is 35.0 Å². The molecule has 0 radical (unpaired) electrons. The second-order valence-corrected chi connectivity index (χ2v) is 6.56. The minimum absolute atomic E-state index is 0.132. The third-order valence-corrected chi connectivity index (χ3v) is 4.30. The summed E-state index contributed by atoms with van der Waals surface area (Å²) in [6.45, 7) is 2.84. The summed E-state index contributed by atoms with van der Waals surface area (Å²) < 4.78 is 43.0. The highest BCUT2D eigenvalue weighted by Gasteiger charge is 2.11. The quantitative estimate of drug-likeness (QED) is 0.279. The zero-order valence-electron chi connectivity index (χ0n) is 17.5. The maximum atomic E-state index is 14.1. The van der Waals surface area contributed by atoms with Crippen LogP contribution in [0.15, 0.2) is 59.9 Å². The Morgan fingerprint density at radius 3 is 2.66 bits per heavy atom. The molecular weight excluding hydrogens is 423 g/mol. The van der Waals surface area contributed by atoms with Crippen LogP contribution in [0.4, 0.5) is 19.0 Å². The number of nitrogens with one attached hydrogen (secondary N) is 1. The molecule has 7 nitrogen and oxygen atoms in total. The average Bonchev–Trinajstić information content (AvgIpc) is 2.77. The van der Waals surface area contributed by atoms with Gasteiger partial charge in [-0.2, -0.15) is 8.78 Å². The number of aromatic nitrogens is 2. The van der Waals surface area contributed by atoms with E-state index < -0.39 is 18.3 Å². The highest BCUT2D eigenvalue weighted by Crippen LogP contribution is 2.22. The van der Waals surface area contributed by atoms with Gasteiger partial charge in [0.15, 0.2) is 0 Å². The van der Waals surface area contributed by atoms with E-state index in [1.165, 1.54) is 24.3 Å². The average molecular weight is 447 g/mol. The van der Waals surface area contributed by atoms with Gasteiger partial charge in [-0.25, -0.2) is 9.38 Å². The predicted molar refractivity (Wildman–Crippen MR) is 117 cm³/mol. The van der Waals surface area contributed by atoms with Crippen molar-refractivity contribution >= 4 is 17.4 Å². The molecule has 1 amide bonds. The number of alkyl halides is 2. The molecule has 1 aromatic heterocycles. The van der Waals surface area contributed by atoms with Gasteiger partial charge in [-0.15, -0.1) is 10.2 Å². The minimum Gasteiger partial charge on any atom is -0.417 e. The Bertz CT molecular complexity index is 992. The van der Waals surface area contributed by atoms with Crippen LogP contribution in [0.25, 0.3) is 11.3 Å². The lowest BCUT2D eigenvalue weighted by Gasteiger charge is -2.08. The first-order valence-corrected chi connectivity index (χ1v) is 9.82. The summed E-state index contributed by atoms with van der Waals surface area (Å²) in [6, 6.07) is 7.03. The fourth-order valence-corrected chi connectivity index (χ4v) is 2.69. The minimum atomic E-state index is -2.93. The maximum absolute atomic E-state index is 14.1. The molecule has 0 atom stereocenters. The third-order valence-electron chi connectivity index (χ3n) is 4.30. The number of aliphatic imine (C=N–C) groups is 1. The van der Waals surface area contributed by atoms with Crippen LogP contribution in [0, 0.1) is 5.82 Å². The number of carbonyl (C=O) groups is 1. The van der Waals surface area contributed by atoms with Crippen molar-refractivity contribution in [3.63, 3.8) is 0 Å². The number of amides is 1. The Morgan fingerprint density at radius 1 is 1.28 bits per heavy atom. The van der Waals surface area contributed by atoms with Crippen LogP contribution in [0.1, 0.15) is 36.5 Å². The standard InChI is InChI=1S/C22H24F3N5O2/c1-3-15(28-20(4-2)32-22(24)25)7-5-6-12-27-19-11-10-18(29-30-19)16-13-14(21(26)31)8-9-17(16)23/h3-4,8-11,13,22H,1,5-7,12H2,2H3,(H2,26,31)(H,27,30)/b20-4+,28-15?. The molecule has 1 aromatic carbocycles. The van der Waals surface area contributed by atoms with Crippen molar-refractivity contribution < 1.29 is 22.7 Å². The van der Waals surface area contributed by atoms with E-state index in [9.17, 15) is 18.0 Å². The first-order valence-electron chi connectivity index (χ1n) is 9.82. The Balaban J connectivity index is 1.86. The molecule has 0 aliphatic carbocycles. The van der Waals surface area contributed by atoms with E-state index in [2.05, 4.69) is 31.8 Å². The van der Waals surface area contributed by atoms with Gasteiger partial charge in [0.2, 0.25) is 11.8 Å². The number of primary amides is 1. The summed E-state index contributed by atoms with van der Waals surface area (Å²) in [7, 11) is 0. The van der Waals surface area contributed by atoms with E-state index in [-0.39, 0.29) is 22.7 Å². The first-order chi connectivity index (χ1) is 15.3. The molecule has 2 rings (SSSR count). The van der Waals surface area contributed by atoms with Gasteiger partial charge in [0.25, 0.3) is 0 Å². The lowest BCUT2D eigenvalue weighted by atomic mass is 10.1. The van der Waals surface area contributed by atoms with Crippen molar-refractivity contribution in [1.29, 1.82) is 0 Å². The van der Waals surface area contributed by atoms with Crippen LogP contribution >= 0.6 is 0 Å². The van der Waals surface area contributed by atoms with Gasteiger partial charge in [0, 0.05) is 23.4 Å². The van der Waals surface area contributed by atoms with Crippen LogP contribution in [0.2, 0.25) is 0 Å². The molecule has 0 aliphatic heterocycles. The van der Waals surface area contributed by atoms with Crippen molar-refractivity contribution in [2.45, 2.75) is 32.8 Å². The summed E-state index contributed by atoms with van der Waals surface area (Å²) in [4.78, 5) is 15.3. The molecule has 32 heavy (non-hydrogen) atoms. The van der Waals surface area contributed by atoms with Gasteiger partial charge in [-0.05, 0) is 68.7 Å². The highest BCUT2D eigenvalue weighted by atomic mass is 19.3. The fourth-order valence-electron chi connectivity index (χ4n) is 2.69. The number of rotatable bonds is 12. The molecule has 0 spiro atoms. The number of carbonyl (C=O) groups excluding carboxylic acids is 1. The zero-order chi connectivity index (χ0) is 23.5. The van der Waals surface area contributed by atoms with Gasteiger partial charge < -0.3 is 15.8 Å². The van der Waals surface area contributed by atoms with E-state index in [1.807, 2.05) is 0 Å². The topological polar surface area (TPSA) is 102 Å². The molecule has 0 unspecified atom stereocenters. The number of ether oxygens (including phenoxy) is 1. The fraction of sp³-hybridized carbons (Fsp3) is 0.273. The van der Waals surface area contributed by atoms with Gasteiger partial charge in [-0.3, -0.25) is 4.79 Å². The largest absolute Gasteiger partial charge is 0.417 e. The summed E-state index contributed by atoms with van der Waals surface area (Å²) >= 11 is 0. The van der Waals surface area contributed by atoms with Gasteiger partial charge >= 0.3 is 6.61 Å². The molecule has 1 heterocycles. The maximum Gasteiger partial charge on any atom is 0.388 e. The van der Waals surface area contributed by atoms with Crippen molar-refractivity contribution in [1.82, 2.24) is 10.2 Å². The van der Waals surface area contributed by atoms with E-state index >= 15 is 0 Å². The van der Waals surface area contributed by atoms with Gasteiger partial charge in [0.05, 0.1) is 5.69 Å². The van der Waals surface area contributed by atoms with Crippen molar-refractivity contribution in [2.24, 2.45) is 10.7 Å². The lowest BCUT2D eigenvalue weighted by Crippen LogP contribution is -2.11. The molecule has 3 N–H and O–H groups in total. The van der Waals surface area contributed by atoms with E-state index in [0.29, 0.717) is 24.5 Å². The van der Waals surface area contributed by atoms with Crippen molar-refractivity contribution in [2.75, 3.05) is 11.9 Å². The normalized spacial score (nSPS) is 12.0. The number of hydrogen-bond donors (Lipinski definition) is 2. The number of nitrogens with two attached hydrogens (primary N) is 1. The number of hydrogen-bond acceptors (Lipinski definition) is 6. The second kappa shape index (κ2) is 12.2. The Kier molecular flexibility index (Phi) is 9.40. The smallest absolute Gasteiger partial charge is 0.388 e. The van der Waals surface area contributed by atoms with Crippen LogP contribution in [0.3, 0.4) is 0 Å². The Hall–Kier alpha value is -3.69. The summed E-state index contributed by atoms with van der Waals surface area (Å²) in [6.07, 6.45) is 4.86. The number of benzene rings is 1. The second-order valence-electron chi connectivity index (χ2n) is 6.56. The van der Waals surface area contributed by atoms with Crippen LogP contribution in [0.5, 0.6) is 0 Å². The van der Waals surface area contributed by atoms with Crippen LogP contribution < -0.4 is 11.1 Å². The van der Waals surface area contributed by atoms with Crippen molar-refractivity contribution in [3.8, 4) is 11.3 Å². The van der Waals surface area contributed by atoms with E-state index in [0.717, 1.165) is 18.9 Å². The van der Waals surface area contributed by atoms with E-state index in [4.69, 9.17) is 5.73 Å². The van der Waals surface area contributed by atoms with Crippen molar-refractivity contribution in [3.05, 3.63) is 66.3 Å². The van der Waals surface area contributed by atoms with Crippen LogP contribution in [-0.2, 0) is 4.74 Å². The summed E-state index contributed by atoms with van der Waals surface area (Å²) in [5, 5.41) is 11.1. The first kappa shape index (κ1) is 24.6. The number of halogens is 3. The monoisotopic (exact) mass is 447 g/mol. The Labute approximate surface area is 183 Å². The number of nitrogens with zero attached hydrogens (tertiary/aromatic N) is 3. The zero-order valence-corrected chi connectivity index (χ0v) is 17.5. The third kappa shape index (κ3) is 7.53. The molecule has 0 saturated heterocycles. The van der Waals surface area contributed by atoms with Gasteiger partial charge in [-0.1, -0.05) is 6.58 Å². The predicted octanol–water partition coefficient (Wildman–Crippen LogP) is 4.69. The summed E-state index contributed by atoms with van der Waals surface area (Å²) in [5.74, 6) is -0.851. The molecule has 170 valence electrons. The molecular formula is C22H24F3N5O2. The highest BCUT2D eigenvalue weighted by molar-refractivity contribution is 5.95. The number of allylic oxidation sites excluding steroid dienone is 2. The summed E-state index contributed by atoms with van der Waals surface area (Å²) in [5.41, 5.74) is 6.36. The number of anilines is 1. The molecule has 0 saturated carbocycles.